The van der Waals surface area contributed by atoms with Crippen LogP contribution in [-0.4, -0.2) is 0 Å². The van der Waals surface area contributed by atoms with Crippen LogP contribution in [0.4, 0.5) is 13.2 Å². The van der Waals surface area contributed by atoms with Gasteiger partial charge in [-0.25, -0.2) is 13.2 Å². The van der Waals surface area contributed by atoms with E-state index in [1.54, 1.807) is 12.1 Å². The Morgan fingerprint density at radius 1 is 0.500 bits per heavy atom. The zero-order chi connectivity index (χ0) is 15.5. The Balaban J connectivity index is 2.19. The molecule has 0 saturated carbocycles. The van der Waals surface area contributed by atoms with Crippen molar-refractivity contribution in [3.8, 4) is 0 Å². The number of benzene rings is 3. The lowest BCUT2D eigenvalue weighted by Gasteiger charge is -2.08. The van der Waals surface area contributed by atoms with Gasteiger partial charge in [0.2, 0.25) is 0 Å². The molecule has 1 atom stereocenters. The maximum absolute atomic E-state index is 13.6. The molecule has 0 aliphatic heterocycles. The largest absolute Gasteiger partial charge is 0.207 e. The van der Waals surface area contributed by atoms with E-state index in [9.17, 15) is 13.2 Å². The minimum atomic E-state index is -0.765. The summed E-state index contributed by atoms with van der Waals surface area (Å²) in [6.07, 6.45) is 0. The average Bonchev–Trinajstić information content (AvgIpc) is 2.48. The first kappa shape index (κ1) is 14.7. The molecule has 0 spiro atoms. The second-order valence-corrected chi connectivity index (χ2v) is 6.71. The van der Waals surface area contributed by atoms with Crippen LogP contribution in [0.2, 0.25) is 0 Å². The summed E-state index contributed by atoms with van der Waals surface area (Å²) in [5.74, 6) is -1.65. The maximum atomic E-state index is 13.6. The van der Waals surface area contributed by atoms with Gasteiger partial charge in [0.05, 0.1) is 10.9 Å². The molecule has 0 nitrogen and oxygen atoms in total. The van der Waals surface area contributed by atoms with Crippen LogP contribution in [-0.2, 0) is 10.9 Å². The van der Waals surface area contributed by atoms with Crippen LogP contribution in [0, 0.1) is 17.5 Å². The summed E-state index contributed by atoms with van der Waals surface area (Å²) in [6.45, 7) is 0. The van der Waals surface area contributed by atoms with Crippen molar-refractivity contribution >= 4 is 10.9 Å². The van der Waals surface area contributed by atoms with Crippen LogP contribution in [0.1, 0.15) is 0 Å². The number of hydrogen-bond donors (Lipinski definition) is 0. The van der Waals surface area contributed by atoms with Crippen LogP contribution >= 0.6 is 0 Å². The van der Waals surface area contributed by atoms with Crippen LogP contribution < -0.4 is 0 Å². The third kappa shape index (κ3) is 3.17. The monoisotopic (exact) mass is 317 g/mol. The zero-order valence-electron chi connectivity index (χ0n) is 11.5. The molecule has 0 heterocycles. The molecular formula is C18H12F3S+. The summed E-state index contributed by atoms with van der Waals surface area (Å²) >= 11 is 0. The lowest BCUT2D eigenvalue weighted by Crippen LogP contribution is -2.06. The van der Waals surface area contributed by atoms with Crippen molar-refractivity contribution in [1.82, 2.24) is 0 Å². The SMILES string of the molecule is Fc1cccc([S+](c2ccccc2)c2cc(F)cc(F)c2)c1. The third-order valence-corrected chi connectivity index (χ3v) is 5.26. The lowest BCUT2D eigenvalue weighted by molar-refractivity contribution is 0.577. The molecule has 110 valence electrons. The van der Waals surface area contributed by atoms with E-state index in [4.69, 9.17) is 0 Å². The van der Waals surface area contributed by atoms with Gasteiger partial charge in [-0.15, -0.1) is 0 Å². The Morgan fingerprint density at radius 3 is 1.73 bits per heavy atom. The quantitative estimate of drug-likeness (QED) is 0.583. The van der Waals surface area contributed by atoms with E-state index in [0.29, 0.717) is 9.79 Å². The minimum absolute atomic E-state index is 0.372. The number of hydrogen-bond acceptors (Lipinski definition) is 0. The van der Waals surface area contributed by atoms with E-state index in [1.807, 2.05) is 30.3 Å². The van der Waals surface area contributed by atoms with Gasteiger partial charge in [-0.2, -0.15) is 0 Å². The molecule has 0 bridgehead atoms. The molecule has 0 aliphatic rings. The fourth-order valence-electron chi connectivity index (χ4n) is 2.21. The summed E-state index contributed by atoms with van der Waals surface area (Å²) in [5, 5.41) is 0. The zero-order valence-corrected chi connectivity index (χ0v) is 12.3. The van der Waals surface area contributed by atoms with E-state index in [2.05, 4.69) is 0 Å². The van der Waals surface area contributed by atoms with Crippen LogP contribution in [0.3, 0.4) is 0 Å². The summed E-state index contributed by atoms with van der Waals surface area (Å²) in [7, 11) is -0.765. The first-order chi connectivity index (χ1) is 10.6. The van der Waals surface area contributed by atoms with Gasteiger partial charge in [-0.05, 0) is 24.3 Å². The standard InChI is InChI=1S/C18H12F3S/c19-13-5-4-8-17(10-13)22(16-6-2-1-3-7-16)18-11-14(20)9-15(21)12-18/h1-12H/q+1. The van der Waals surface area contributed by atoms with Gasteiger partial charge < -0.3 is 0 Å². The first-order valence-electron chi connectivity index (χ1n) is 6.64. The number of halogens is 3. The summed E-state index contributed by atoms with van der Waals surface area (Å²) in [6, 6.07) is 18.9. The van der Waals surface area contributed by atoms with E-state index in [-0.39, 0.29) is 5.82 Å². The van der Waals surface area contributed by atoms with Crippen molar-refractivity contribution in [3.63, 3.8) is 0 Å². The average molecular weight is 317 g/mol. The molecule has 0 fully saturated rings. The van der Waals surface area contributed by atoms with Crippen molar-refractivity contribution in [3.05, 3.63) is 90.2 Å². The highest BCUT2D eigenvalue weighted by atomic mass is 32.2. The summed E-state index contributed by atoms with van der Waals surface area (Å²) in [4.78, 5) is 2.03. The first-order valence-corrected chi connectivity index (χ1v) is 7.87. The van der Waals surface area contributed by atoms with Gasteiger partial charge in [0.25, 0.3) is 0 Å². The molecule has 0 aliphatic carbocycles. The topological polar surface area (TPSA) is 0 Å². The Hall–Kier alpha value is -2.20. The molecule has 0 N–H and O–H groups in total. The Kier molecular flexibility index (Phi) is 4.20. The number of rotatable bonds is 3. The fourth-order valence-corrected chi connectivity index (χ4v) is 4.36. The van der Waals surface area contributed by atoms with E-state index >= 15 is 0 Å². The molecule has 4 heteroatoms. The predicted molar refractivity (Wildman–Crippen MR) is 81.4 cm³/mol. The highest BCUT2D eigenvalue weighted by Crippen LogP contribution is 2.32. The summed E-state index contributed by atoms with van der Waals surface area (Å²) < 4.78 is 40.8. The van der Waals surface area contributed by atoms with Crippen molar-refractivity contribution in [1.29, 1.82) is 0 Å². The Bertz CT molecular complexity index is 767. The van der Waals surface area contributed by atoms with Gasteiger partial charge in [-0.3, -0.25) is 0 Å². The Labute approximate surface area is 129 Å². The summed E-state index contributed by atoms with van der Waals surface area (Å²) in [5.41, 5.74) is 0. The van der Waals surface area contributed by atoms with Gasteiger partial charge in [0.1, 0.15) is 17.5 Å². The fraction of sp³-hybridized carbons (Fsp3) is 0. The van der Waals surface area contributed by atoms with Gasteiger partial charge >= 0.3 is 0 Å². The van der Waals surface area contributed by atoms with Gasteiger partial charge in [-0.1, -0.05) is 24.3 Å². The molecule has 0 aromatic heterocycles. The molecule has 1 unspecified atom stereocenters. The van der Waals surface area contributed by atoms with Crippen molar-refractivity contribution in [2.24, 2.45) is 0 Å². The van der Waals surface area contributed by atoms with Gasteiger partial charge in [0, 0.05) is 24.3 Å². The van der Waals surface area contributed by atoms with Crippen molar-refractivity contribution < 1.29 is 13.2 Å². The Morgan fingerprint density at radius 2 is 1.09 bits per heavy atom. The van der Waals surface area contributed by atoms with Gasteiger partial charge in [0.15, 0.2) is 14.7 Å². The smallest absolute Gasteiger partial charge is 0.172 e. The molecule has 0 amide bonds. The molecule has 22 heavy (non-hydrogen) atoms. The van der Waals surface area contributed by atoms with E-state index in [1.165, 1.54) is 24.3 Å². The molecule has 3 aromatic rings. The molecular weight excluding hydrogens is 305 g/mol. The van der Waals surface area contributed by atoms with Crippen LogP contribution in [0.15, 0.2) is 87.5 Å². The minimum Gasteiger partial charge on any atom is -0.207 e. The highest BCUT2D eigenvalue weighted by molar-refractivity contribution is 7.97. The highest BCUT2D eigenvalue weighted by Gasteiger charge is 2.30. The predicted octanol–water partition coefficient (Wildman–Crippen LogP) is 5.20. The normalized spacial score (nSPS) is 12.1. The maximum Gasteiger partial charge on any atom is 0.172 e. The van der Waals surface area contributed by atoms with Crippen LogP contribution in [0.25, 0.3) is 0 Å². The van der Waals surface area contributed by atoms with Crippen LogP contribution in [0.5, 0.6) is 0 Å². The molecule has 0 saturated heterocycles. The van der Waals surface area contributed by atoms with E-state index < -0.39 is 22.5 Å². The van der Waals surface area contributed by atoms with Crippen molar-refractivity contribution in [2.75, 3.05) is 0 Å². The lowest BCUT2D eigenvalue weighted by atomic mass is 10.3. The second kappa shape index (κ2) is 6.28. The molecule has 3 rings (SSSR count). The second-order valence-electron chi connectivity index (χ2n) is 4.68. The van der Waals surface area contributed by atoms with Crippen molar-refractivity contribution in [2.45, 2.75) is 14.7 Å². The molecule has 3 aromatic carbocycles. The van der Waals surface area contributed by atoms with E-state index in [0.717, 1.165) is 11.0 Å². The third-order valence-electron chi connectivity index (χ3n) is 3.08. The molecule has 0 radical (unpaired) electrons.